The molecule has 0 spiro atoms. The van der Waals surface area contributed by atoms with E-state index in [0.717, 1.165) is 19.3 Å². The quantitative estimate of drug-likeness (QED) is 0.719. The fourth-order valence-corrected chi connectivity index (χ4v) is 2.51. The minimum absolute atomic E-state index is 0.0300. The summed E-state index contributed by atoms with van der Waals surface area (Å²) in [7, 11) is 0. The number of carbonyl (C=O) groups is 2. The van der Waals surface area contributed by atoms with Crippen molar-refractivity contribution in [2.45, 2.75) is 52.5 Å². The summed E-state index contributed by atoms with van der Waals surface area (Å²) in [6.07, 6.45) is 3.57. The Bertz CT molecular complexity index is 336. The van der Waals surface area contributed by atoms with Crippen LogP contribution in [0.3, 0.4) is 0 Å². The summed E-state index contributed by atoms with van der Waals surface area (Å²) in [5.74, 6) is -1.25. The van der Waals surface area contributed by atoms with Gasteiger partial charge in [0.05, 0.1) is 12.0 Å². The van der Waals surface area contributed by atoms with E-state index < -0.39 is 12.0 Å². The summed E-state index contributed by atoms with van der Waals surface area (Å²) < 4.78 is 0. The maximum Gasteiger partial charge on any atom is 0.306 e. The van der Waals surface area contributed by atoms with E-state index in [4.69, 9.17) is 5.73 Å². The van der Waals surface area contributed by atoms with E-state index in [1.54, 1.807) is 0 Å². The van der Waals surface area contributed by atoms with Gasteiger partial charge in [0.1, 0.15) is 0 Å². The van der Waals surface area contributed by atoms with Crippen LogP contribution in [0, 0.1) is 17.3 Å². The fraction of sp³-hybridized carbons (Fsp3) is 0.857. The molecule has 1 aliphatic rings. The number of carboxylic acid groups (broad SMARTS) is 1. The third kappa shape index (κ3) is 4.49. The molecule has 0 bridgehead atoms. The second-order valence-corrected chi connectivity index (χ2v) is 6.58. The van der Waals surface area contributed by atoms with Gasteiger partial charge in [0, 0.05) is 6.54 Å². The molecular formula is C14H26N2O3. The number of aliphatic carboxylic acids is 1. The molecule has 0 aromatic carbocycles. The smallest absolute Gasteiger partial charge is 0.306 e. The van der Waals surface area contributed by atoms with Gasteiger partial charge < -0.3 is 16.2 Å². The van der Waals surface area contributed by atoms with Crippen LogP contribution in [0.2, 0.25) is 0 Å². The number of hydrogen-bond donors (Lipinski definition) is 3. The van der Waals surface area contributed by atoms with Gasteiger partial charge in [0.25, 0.3) is 0 Å². The number of carboxylic acids is 1. The molecule has 1 aliphatic carbocycles. The second kappa shape index (κ2) is 6.37. The highest BCUT2D eigenvalue weighted by atomic mass is 16.4. The maximum atomic E-state index is 11.9. The molecule has 0 aromatic heterocycles. The molecule has 4 N–H and O–H groups in total. The Morgan fingerprint density at radius 1 is 1.32 bits per heavy atom. The minimum Gasteiger partial charge on any atom is -0.481 e. The Labute approximate surface area is 114 Å². The van der Waals surface area contributed by atoms with Crippen molar-refractivity contribution in [3.05, 3.63) is 0 Å². The predicted molar refractivity (Wildman–Crippen MR) is 73.5 cm³/mol. The molecule has 1 amide bonds. The van der Waals surface area contributed by atoms with Gasteiger partial charge in [-0.25, -0.2) is 0 Å². The topological polar surface area (TPSA) is 92.4 Å². The van der Waals surface area contributed by atoms with Crippen molar-refractivity contribution < 1.29 is 14.7 Å². The molecule has 19 heavy (non-hydrogen) atoms. The summed E-state index contributed by atoms with van der Waals surface area (Å²) in [6, 6.07) is -0.570. The van der Waals surface area contributed by atoms with Crippen LogP contribution in [-0.4, -0.2) is 29.6 Å². The number of carbonyl (C=O) groups excluding carboxylic acids is 1. The first-order valence-electron chi connectivity index (χ1n) is 6.99. The molecule has 110 valence electrons. The van der Waals surface area contributed by atoms with Crippen LogP contribution in [0.5, 0.6) is 0 Å². The van der Waals surface area contributed by atoms with Crippen LogP contribution in [0.15, 0.2) is 0 Å². The van der Waals surface area contributed by atoms with Crippen LogP contribution in [0.25, 0.3) is 0 Å². The molecule has 0 aromatic rings. The molecule has 5 nitrogen and oxygen atoms in total. The van der Waals surface area contributed by atoms with E-state index in [0.29, 0.717) is 13.0 Å². The number of amides is 1. The Morgan fingerprint density at radius 3 is 2.42 bits per heavy atom. The van der Waals surface area contributed by atoms with E-state index in [9.17, 15) is 14.7 Å². The number of nitrogens with two attached hydrogens (primary N) is 1. The van der Waals surface area contributed by atoms with Crippen LogP contribution >= 0.6 is 0 Å². The van der Waals surface area contributed by atoms with Gasteiger partial charge in [0.2, 0.25) is 5.91 Å². The Kier molecular flexibility index (Phi) is 5.35. The van der Waals surface area contributed by atoms with Crippen molar-refractivity contribution >= 4 is 11.9 Å². The van der Waals surface area contributed by atoms with Crippen molar-refractivity contribution in [1.29, 1.82) is 0 Å². The SMILES string of the molecule is CC(C)(C)C(N)C(=O)NCC1CCCCC1C(=O)O. The Balaban J connectivity index is 2.51. The van der Waals surface area contributed by atoms with Crippen molar-refractivity contribution in [1.82, 2.24) is 5.32 Å². The zero-order chi connectivity index (χ0) is 14.6. The molecule has 0 aliphatic heterocycles. The maximum absolute atomic E-state index is 11.9. The summed E-state index contributed by atoms with van der Waals surface area (Å²) in [5.41, 5.74) is 5.59. The molecular weight excluding hydrogens is 244 g/mol. The molecule has 1 fully saturated rings. The molecule has 0 heterocycles. The molecule has 1 rings (SSSR count). The van der Waals surface area contributed by atoms with Gasteiger partial charge in [-0.05, 0) is 24.2 Å². The lowest BCUT2D eigenvalue weighted by molar-refractivity contribution is -0.145. The van der Waals surface area contributed by atoms with E-state index >= 15 is 0 Å². The lowest BCUT2D eigenvalue weighted by Gasteiger charge is -2.30. The third-order valence-corrected chi connectivity index (χ3v) is 3.98. The van der Waals surface area contributed by atoms with Gasteiger partial charge in [0.15, 0.2) is 0 Å². The molecule has 0 radical (unpaired) electrons. The highest BCUT2D eigenvalue weighted by Gasteiger charge is 2.32. The zero-order valence-electron chi connectivity index (χ0n) is 12.1. The third-order valence-electron chi connectivity index (χ3n) is 3.98. The van der Waals surface area contributed by atoms with Crippen LogP contribution in [0.4, 0.5) is 0 Å². The average molecular weight is 270 g/mol. The lowest BCUT2D eigenvalue weighted by atomic mass is 9.79. The highest BCUT2D eigenvalue weighted by molar-refractivity contribution is 5.82. The minimum atomic E-state index is -0.751. The van der Waals surface area contributed by atoms with Crippen molar-refractivity contribution in [3.63, 3.8) is 0 Å². The summed E-state index contributed by atoms with van der Waals surface area (Å²) in [4.78, 5) is 23.1. The van der Waals surface area contributed by atoms with Crippen molar-refractivity contribution in [3.8, 4) is 0 Å². The number of hydrogen-bond acceptors (Lipinski definition) is 3. The first kappa shape index (κ1) is 16.0. The monoisotopic (exact) mass is 270 g/mol. The van der Waals surface area contributed by atoms with E-state index in [1.807, 2.05) is 20.8 Å². The zero-order valence-corrected chi connectivity index (χ0v) is 12.1. The second-order valence-electron chi connectivity index (χ2n) is 6.58. The van der Waals surface area contributed by atoms with Crippen LogP contribution < -0.4 is 11.1 Å². The predicted octanol–water partition coefficient (Wildman–Crippen LogP) is 1.37. The molecule has 0 saturated heterocycles. The molecule has 1 saturated carbocycles. The highest BCUT2D eigenvalue weighted by Crippen LogP contribution is 2.29. The lowest BCUT2D eigenvalue weighted by Crippen LogP contribution is -2.50. The summed E-state index contributed by atoms with van der Waals surface area (Å²) in [5, 5.41) is 12.0. The molecule has 3 unspecified atom stereocenters. The summed E-state index contributed by atoms with van der Waals surface area (Å²) >= 11 is 0. The van der Waals surface area contributed by atoms with Crippen LogP contribution in [0.1, 0.15) is 46.5 Å². The van der Waals surface area contributed by atoms with Crippen molar-refractivity contribution in [2.24, 2.45) is 23.0 Å². The fourth-order valence-electron chi connectivity index (χ4n) is 2.51. The molecule has 3 atom stereocenters. The van der Waals surface area contributed by atoms with Gasteiger partial charge in [-0.2, -0.15) is 0 Å². The first-order valence-corrected chi connectivity index (χ1v) is 6.99. The summed E-state index contributed by atoms with van der Waals surface area (Å²) in [6.45, 7) is 6.16. The molecule has 5 heteroatoms. The van der Waals surface area contributed by atoms with Crippen molar-refractivity contribution in [2.75, 3.05) is 6.54 Å². The van der Waals surface area contributed by atoms with Gasteiger partial charge in [-0.1, -0.05) is 33.6 Å². The van der Waals surface area contributed by atoms with Gasteiger partial charge >= 0.3 is 5.97 Å². The average Bonchev–Trinajstić information content (AvgIpc) is 2.34. The van der Waals surface area contributed by atoms with E-state index in [2.05, 4.69) is 5.32 Å². The van der Waals surface area contributed by atoms with Gasteiger partial charge in [-0.15, -0.1) is 0 Å². The van der Waals surface area contributed by atoms with Gasteiger partial charge in [-0.3, -0.25) is 9.59 Å². The standard InChI is InChI=1S/C14H26N2O3/c1-14(2,3)11(15)12(17)16-8-9-6-4-5-7-10(9)13(18)19/h9-11H,4-8,15H2,1-3H3,(H,16,17)(H,18,19). The number of rotatable bonds is 4. The van der Waals surface area contributed by atoms with Crippen LogP contribution in [-0.2, 0) is 9.59 Å². The van der Waals surface area contributed by atoms with E-state index in [1.165, 1.54) is 0 Å². The first-order chi connectivity index (χ1) is 8.73. The largest absolute Gasteiger partial charge is 0.481 e. The van der Waals surface area contributed by atoms with E-state index in [-0.39, 0.29) is 23.2 Å². The normalized spacial score (nSPS) is 25.7. The number of nitrogens with one attached hydrogen (secondary N) is 1. The Hall–Kier alpha value is -1.10. The Morgan fingerprint density at radius 2 is 1.89 bits per heavy atom.